The lowest BCUT2D eigenvalue weighted by Gasteiger charge is -2.33. The maximum atomic E-state index is 14.4. The summed E-state index contributed by atoms with van der Waals surface area (Å²) in [5, 5.41) is -4.84. The SMILES string of the molecule is C=Cc1ccc(C2OC3C4CC(C(C(F)C(F)(F)S(=O)(=O)O)C4)C3O2)cc1. The van der Waals surface area contributed by atoms with Gasteiger partial charge in [-0.2, -0.15) is 17.2 Å². The van der Waals surface area contributed by atoms with Gasteiger partial charge in [0.2, 0.25) is 0 Å². The molecule has 7 unspecified atom stereocenters. The van der Waals surface area contributed by atoms with Gasteiger partial charge in [0.1, 0.15) is 0 Å². The summed E-state index contributed by atoms with van der Waals surface area (Å²) in [5.74, 6) is -1.98. The summed E-state index contributed by atoms with van der Waals surface area (Å²) in [6.45, 7) is 3.67. The maximum absolute atomic E-state index is 14.4. The van der Waals surface area contributed by atoms with Crippen LogP contribution in [-0.4, -0.2) is 36.6 Å². The van der Waals surface area contributed by atoms with Crippen molar-refractivity contribution in [1.82, 2.24) is 0 Å². The predicted molar refractivity (Wildman–Crippen MR) is 90.1 cm³/mol. The third-order valence-corrected chi connectivity index (χ3v) is 6.87. The minimum Gasteiger partial charge on any atom is -0.342 e. The van der Waals surface area contributed by atoms with Crippen molar-refractivity contribution >= 4 is 16.2 Å². The van der Waals surface area contributed by atoms with Gasteiger partial charge in [-0.05, 0) is 30.2 Å². The maximum Gasteiger partial charge on any atom is 0.400 e. The molecule has 2 aliphatic carbocycles. The number of fused-ring (bicyclic) bond motifs is 5. The van der Waals surface area contributed by atoms with E-state index in [9.17, 15) is 21.6 Å². The summed E-state index contributed by atoms with van der Waals surface area (Å²) in [6, 6.07) is 7.30. The summed E-state index contributed by atoms with van der Waals surface area (Å²) in [7, 11) is -5.83. The zero-order valence-electron chi connectivity index (χ0n) is 14.2. The Bertz CT molecular complexity index is 841. The van der Waals surface area contributed by atoms with Crippen molar-refractivity contribution in [1.29, 1.82) is 0 Å². The number of benzene rings is 1. The zero-order valence-corrected chi connectivity index (χ0v) is 15.0. The molecule has 9 heteroatoms. The van der Waals surface area contributed by atoms with Crippen LogP contribution in [0, 0.1) is 17.8 Å². The first kappa shape index (κ1) is 18.9. The van der Waals surface area contributed by atoms with E-state index in [1.807, 2.05) is 24.3 Å². The fourth-order valence-corrected chi connectivity index (χ4v) is 5.12. The minimum atomic E-state index is -5.83. The lowest BCUT2D eigenvalue weighted by atomic mass is 9.82. The molecule has 0 spiro atoms. The van der Waals surface area contributed by atoms with Crippen LogP contribution < -0.4 is 0 Å². The average Bonchev–Trinajstić information content (AvgIpc) is 3.31. The summed E-state index contributed by atoms with van der Waals surface area (Å²) in [5.41, 5.74) is 1.68. The lowest BCUT2D eigenvalue weighted by molar-refractivity contribution is -0.0899. The third kappa shape index (κ3) is 2.91. The first-order valence-electron chi connectivity index (χ1n) is 8.65. The second kappa shape index (κ2) is 6.30. The number of ether oxygens (including phenoxy) is 2. The van der Waals surface area contributed by atoms with Crippen LogP contribution in [0.25, 0.3) is 6.08 Å². The Morgan fingerprint density at radius 3 is 2.41 bits per heavy atom. The Balaban J connectivity index is 1.51. The van der Waals surface area contributed by atoms with Gasteiger partial charge in [-0.25, -0.2) is 4.39 Å². The molecular formula is C18H19F3O5S. The normalized spacial score (nSPS) is 36.6. The van der Waals surface area contributed by atoms with Crippen LogP contribution in [-0.2, 0) is 19.6 Å². The van der Waals surface area contributed by atoms with E-state index in [1.165, 1.54) is 0 Å². The Labute approximate surface area is 154 Å². The molecule has 1 saturated heterocycles. The number of hydrogen-bond donors (Lipinski definition) is 1. The van der Waals surface area contributed by atoms with Crippen molar-refractivity contribution < 1.29 is 35.6 Å². The smallest absolute Gasteiger partial charge is 0.342 e. The Morgan fingerprint density at radius 1 is 1.19 bits per heavy atom. The fraction of sp³-hybridized carbons (Fsp3) is 0.556. The van der Waals surface area contributed by atoms with E-state index < -0.39 is 45.8 Å². The number of hydrogen-bond acceptors (Lipinski definition) is 4. The Hall–Kier alpha value is -1.42. The van der Waals surface area contributed by atoms with Gasteiger partial charge in [0.05, 0.1) is 12.2 Å². The number of rotatable bonds is 5. The molecule has 3 aliphatic rings. The monoisotopic (exact) mass is 404 g/mol. The highest BCUT2D eigenvalue weighted by atomic mass is 32.2. The summed E-state index contributed by atoms with van der Waals surface area (Å²) in [6.07, 6.45) is -2.37. The molecule has 4 rings (SSSR count). The summed E-state index contributed by atoms with van der Waals surface area (Å²) >= 11 is 0. The van der Waals surface area contributed by atoms with Crippen molar-refractivity contribution in [2.45, 2.75) is 42.8 Å². The number of alkyl halides is 3. The molecule has 1 aromatic carbocycles. The van der Waals surface area contributed by atoms with Crippen LogP contribution in [0.5, 0.6) is 0 Å². The molecule has 0 amide bonds. The van der Waals surface area contributed by atoms with E-state index in [1.54, 1.807) is 6.08 Å². The van der Waals surface area contributed by atoms with Crippen molar-refractivity contribution in [3.63, 3.8) is 0 Å². The largest absolute Gasteiger partial charge is 0.400 e. The van der Waals surface area contributed by atoms with Gasteiger partial charge in [-0.1, -0.05) is 36.9 Å². The van der Waals surface area contributed by atoms with Gasteiger partial charge < -0.3 is 9.47 Å². The molecule has 0 aromatic heterocycles. The number of halogens is 3. The summed E-state index contributed by atoms with van der Waals surface area (Å²) in [4.78, 5) is 0. The van der Waals surface area contributed by atoms with Gasteiger partial charge in [0.15, 0.2) is 12.5 Å². The highest BCUT2D eigenvalue weighted by Crippen LogP contribution is 2.58. The molecule has 7 atom stereocenters. The van der Waals surface area contributed by atoms with Gasteiger partial charge in [0, 0.05) is 11.5 Å². The molecule has 3 fully saturated rings. The molecule has 1 heterocycles. The van der Waals surface area contributed by atoms with E-state index in [4.69, 9.17) is 14.0 Å². The Kier molecular flexibility index (Phi) is 4.41. The topological polar surface area (TPSA) is 72.8 Å². The summed E-state index contributed by atoms with van der Waals surface area (Å²) < 4.78 is 84.2. The molecular weight excluding hydrogens is 385 g/mol. The van der Waals surface area contributed by atoms with Crippen LogP contribution in [0.1, 0.15) is 30.3 Å². The highest BCUT2D eigenvalue weighted by Gasteiger charge is 2.65. The molecule has 27 heavy (non-hydrogen) atoms. The van der Waals surface area contributed by atoms with Crippen molar-refractivity contribution in [2.75, 3.05) is 0 Å². The Morgan fingerprint density at radius 2 is 1.81 bits per heavy atom. The molecule has 1 aromatic rings. The van der Waals surface area contributed by atoms with Crippen LogP contribution in [0.4, 0.5) is 13.2 Å². The second-order valence-corrected chi connectivity index (χ2v) is 8.90. The van der Waals surface area contributed by atoms with Crippen LogP contribution in [0.3, 0.4) is 0 Å². The van der Waals surface area contributed by atoms with Crippen LogP contribution in [0.15, 0.2) is 30.8 Å². The molecule has 2 bridgehead atoms. The van der Waals surface area contributed by atoms with E-state index in [2.05, 4.69) is 6.58 Å². The first-order chi connectivity index (χ1) is 12.6. The molecule has 2 saturated carbocycles. The molecule has 0 radical (unpaired) electrons. The quantitative estimate of drug-likeness (QED) is 0.760. The van der Waals surface area contributed by atoms with E-state index in [-0.39, 0.29) is 18.4 Å². The van der Waals surface area contributed by atoms with Gasteiger partial charge in [0.25, 0.3) is 0 Å². The van der Waals surface area contributed by atoms with Crippen molar-refractivity contribution in [3.05, 3.63) is 42.0 Å². The van der Waals surface area contributed by atoms with Crippen molar-refractivity contribution in [3.8, 4) is 0 Å². The van der Waals surface area contributed by atoms with E-state index in [0.29, 0.717) is 6.42 Å². The fourth-order valence-electron chi connectivity index (χ4n) is 4.66. The molecule has 1 N–H and O–H groups in total. The zero-order chi connectivity index (χ0) is 19.6. The van der Waals surface area contributed by atoms with Gasteiger partial charge in [-0.3, -0.25) is 4.55 Å². The lowest BCUT2D eigenvalue weighted by Crippen LogP contribution is -2.47. The second-order valence-electron chi connectivity index (χ2n) is 7.40. The molecule has 5 nitrogen and oxygen atoms in total. The van der Waals surface area contributed by atoms with Crippen LogP contribution in [0.2, 0.25) is 0 Å². The standard InChI is InChI=1S/C18H19F3O5S/c1-2-9-3-5-10(6-4-9)17-25-14-11-7-12(15(14)26-17)13(8-11)16(19)18(20,21)27(22,23)24/h2-6,11-17H,1,7-8H2,(H,22,23,24). The average molecular weight is 404 g/mol. The minimum absolute atomic E-state index is 0.0730. The first-order valence-corrected chi connectivity index (χ1v) is 10.1. The van der Waals surface area contributed by atoms with E-state index >= 15 is 0 Å². The molecule has 1 aliphatic heterocycles. The van der Waals surface area contributed by atoms with Gasteiger partial charge >= 0.3 is 15.4 Å². The highest BCUT2D eigenvalue weighted by molar-refractivity contribution is 7.86. The third-order valence-electron chi connectivity index (χ3n) is 5.96. The van der Waals surface area contributed by atoms with E-state index in [0.717, 1.165) is 11.1 Å². The van der Waals surface area contributed by atoms with Crippen molar-refractivity contribution in [2.24, 2.45) is 17.8 Å². The molecule has 148 valence electrons. The van der Waals surface area contributed by atoms with Crippen LogP contribution >= 0.6 is 0 Å². The van der Waals surface area contributed by atoms with Gasteiger partial charge in [-0.15, -0.1) is 0 Å². The predicted octanol–water partition coefficient (Wildman–Crippen LogP) is 3.59.